The van der Waals surface area contributed by atoms with E-state index in [9.17, 15) is 9.59 Å². The second kappa shape index (κ2) is 8.26. The summed E-state index contributed by atoms with van der Waals surface area (Å²) in [7, 11) is 0. The van der Waals surface area contributed by atoms with Gasteiger partial charge in [-0.2, -0.15) is 4.99 Å². The summed E-state index contributed by atoms with van der Waals surface area (Å²) in [6.45, 7) is 7.33. The smallest absolute Gasteiger partial charge is 0.252 e. The minimum Gasteiger partial charge on any atom is -0.317 e. The maximum absolute atomic E-state index is 13.3. The molecular formula is C24H27N5O2S. The van der Waals surface area contributed by atoms with Crippen LogP contribution in [0.15, 0.2) is 47.6 Å². The third-order valence-electron chi connectivity index (χ3n) is 6.55. The van der Waals surface area contributed by atoms with Gasteiger partial charge in [0.05, 0.1) is 16.6 Å². The van der Waals surface area contributed by atoms with Crippen LogP contribution in [0.4, 0.5) is 5.13 Å². The molecule has 3 aliphatic rings. The van der Waals surface area contributed by atoms with Crippen LogP contribution < -0.4 is 5.32 Å². The van der Waals surface area contributed by atoms with Gasteiger partial charge in [0.2, 0.25) is 0 Å². The van der Waals surface area contributed by atoms with Crippen molar-refractivity contribution < 1.29 is 9.59 Å². The molecule has 1 N–H and O–H groups in total. The number of benzene rings is 1. The summed E-state index contributed by atoms with van der Waals surface area (Å²) in [6, 6.07) is 6.33. The lowest BCUT2D eigenvalue weighted by atomic mass is 9.91. The first-order valence-corrected chi connectivity index (χ1v) is 11.9. The fourth-order valence-corrected chi connectivity index (χ4v) is 5.43. The number of aromatic nitrogens is 1. The highest BCUT2D eigenvalue weighted by Gasteiger charge is 2.45. The van der Waals surface area contributed by atoms with E-state index >= 15 is 0 Å². The standard InChI is InChI=1S/C24H27N5O2S/c1-16-8-11-28(12-9-16)15-17-6-7-18-19(13-17)32-23(25-18)27-22(31)24(2)14-21(30)26-20-5-3-4-10-29(20)24/h3-7,10,13,16H,8-9,11-12,14-15H2,1-2H3,(H,25,27,31). The van der Waals surface area contributed by atoms with Gasteiger partial charge in [-0.3, -0.25) is 19.8 Å². The normalized spacial score (nSPS) is 24.0. The van der Waals surface area contributed by atoms with Crippen molar-refractivity contribution >= 4 is 44.3 Å². The van der Waals surface area contributed by atoms with Gasteiger partial charge in [0.25, 0.3) is 11.8 Å². The molecule has 32 heavy (non-hydrogen) atoms. The number of amides is 2. The van der Waals surface area contributed by atoms with Gasteiger partial charge in [-0.25, -0.2) is 4.98 Å². The molecule has 1 atom stereocenters. The summed E-state index contributed by atoms with van der Waals surface area (Å²) in [5.74, 6) is 0.749. The van der Waals surface area contributed by atoms with Crippen LogP contribution in [0.5, 0.6) is 0 Å². The Bertz CT molecular complexity index is 1160. The van der Waals surface area contributed by atoms with Gasteiger partial charge in [0.15, 0.2) is 5.13 Å². The van der Waals surface area contributed by atoms with Crippen molar-refractivity contribution in [2.24, 2.45) is 10.9 Å². The molecule has 0 saturated carbocycles. The van der Waals surface area contributed by atoms with E-state index in [1.54, 1.807) is 24.1 Å². The predicted molar refractivity (Wildman–Crippen MR) is 128 cm³/mol. The van der Waals surface area contributed by atoms with E-state index in [2.05, 4.69) is 39.2 Å². The molecule has 1 aromatic heterocycles. The maximum Gasteiger partial charge on any atom is 0.252 e. The number of rotatable bonds is 4. The van der Waals surface area contributed by atoms with Crippen molar-refractivity contribution in [2.75, 3.05) is 18.4 Å². The van der Waals surface area contributed by atoms with Crippen LogP contribution in [0.1, 0.15) is 38.7 Å². The zero-order valence-electron chi connectivity index (χ0n) is 18.4. The Hall–Kier alpha value is -2.84. The van der Waals surface area contributed by atoms with E-state index in [0.717, 1.165) is 35.8 Å². The third-order valence-corrected chi connectivity index (χ3v) is 7.48. The van der Waals surface area contributed by atoms with Crippen LogP contribution in [0, 0.1) is 5.92 Å². The first kappa shape index (κ1) is 21.0. The van der Waals surface area contributed by atoms with Crippen molar-refractivity contribution in [2.45, 2.75) is 45.2 Å². The first-order valence-electron chi connectivity index (χ1n) is 11.1. The lowest BCUT2D eigenvalue weighted by Gasteiger charge is -2.41. The van der Waals surface area contributed by atoms with E-state index in [1.165, 1.54) is 29.7 Å². The number of carbonyl (C=O) groups excluding carboxylic acids is 2. The van der Waals surface area contributed by atoms with Gasteiger partial charge in [0, 0.05) is 12.7 Å². The van der Waals surface area contributed by atoms with Gasteiger partial charge < -0.3 is 4.90 Å². The number of allylic oxidation sites excluding steroid dienone is 2. The zero-order valence-corrected chi connectivity index (χ0v) is 19.2. The Morgan fingerprint density at radius 3 is 2.91 bits per heavy atom. The molecule has 2 amide bonds. The number of thiazole rings is 1. The average Bonchev–Trinajstić information content (AvgIpc) is 3.16. The molecule has 5 rings (SSSR count). The SMILES string of the molecule is CC1CCN(Cc2ccc3nc(NC(=O)C4(C)CC(=O)N=C5C=CC=CN54)sc3c2)CC1. The van der Waals surface area contributed by atoms with Crippen LogP contribution in [0.25, 0.3) is 10.2 Å². The van der Waals surface area contributed by atoms with Crippen LogP contribution in [-0.2, 0) is 16.1 Å². The molecule has 0 radical (unpaired) electrons. The van der Waals surface area contributed by atoms with Crippen molar-refractivity contribution in [1.82, 2.24) is 14.8 Å². The van der Waals surface area contributed by atoms with E-state index in [-0.39, 0.29) is 18.2 Å². The average molecular weight is 450 g/mol. The molecule has 166 valence electrons. The molecule has 3 aliphatic heterocycles. The Balaban J connectivity index is 1.32. The number of nitrogens with one attached hydrogen (secondary N) is 1. The molecule has 8 heteroatoms. The Labute approximate surface area is 191 Å². The van der Waals surface area contributed by atoms with E-state index in [0.29, 0.717) is 11.0 Å². The lowest BCUT2D eigenvalue weighted by Crippen LogP contribution is -2.58. The lowest BCUT2D eigenvalue weighted by molar-refractivity contribution is -0.130. The van der Waals surface area contributed by atoms with Crippen LogP contribution in [0.2, 0.25) is 0 Å². The summed E-state index contributed by atoms with van der Waals surface area (Å²) in [5, 5.41) is 3.50. The van der Waals surface area contributed by atoms with Crippen LogP contribution in [-0.4, -0.2) is 51.1 Å². The largest absolute Gasteiger partial charge is 0.317 e. The van der Waals surface area contributed by atoms with E-state index < -0.39 is 5.54 Å². The molecule has 0 spiro atoms. The number of fused-ring (bicyclic) bond motifs is 2. The number of nitrogens with zero attached hydrogens (tertiary/aromatic N) is 4. The highest BCUT2D eigenvalue weighted by Crippen LogP contribution is 2.32. The highest BCUT2D eigenvalue weighted by atomic mass is 32.1. The number of likely N-dealkylation sites (tertiary alicyclic amines) is 1. The minimum atomic E-state index is -1.05. The molecule has 0 aliphatic carbocycles. The molecule has 1 aromatic carbocycles. The topological polar surface area (TPSA) is 77.9 Å². The third kappa shape index (κ3) is 4.00. The quantitative estimate of drug-likeness (QED) is 0.765. The molecule has 4 heterocycles. The minimum absolute atomic E-state index is 0.0179. The van der Waals surface area contributed by atoms with Gasteiger partial charge in [-0.15, -0.1) is 0 Å². The summed E-state index contributed by atoms with van der Waals surface area (Å²) < 4.78 is 1.05. The molecule has 0 bridgehead atoms. The number of amidine groups is 1. The molecule has 2 aromatic rings. The van der Waals surface area contributed by atoms with Gasteiger partial charge in [-0.1, -0.05) is 30.4 Å². The second-order valence-corrected chi connectivity index (χ2v) is 10.1. The van der Waals surface area contributed by atoms with Crippen molar-refractivity contribution in [3.63, 3.8) is 0 Å². The molecular weight excluding hydrogens is 422 g/mol. The van der Waals surface area contributed by atoms with Crippen molar-refractivity contribution in [3.8, 4) is 0 Å². The van der Waals surface area contributed by atoms with Gasteiger partial charge in [0.1, 0.15) is 11.4 Å². The summed E-state index contributed by atoms with van der Waals surface area (Å²) in [4.78, 5) is 38.4. The fraction of sp³-hybridized carbons (Fsp3) is 0.417. The van der Waals surface area contributed by atoms with Crippen molar-refractivity contribution in [1.29, 1.82) is 0 Å². The first-order chi connectivity index (χ1) is 15.4. The van der Waals surface area contributed by atoms with E-state index in [1.807, 2.05) is 18.2 Å². The Morgan fingerprint density at radius 1 is 1.28 bits per heavy atom. The summed E-state index contributed by atoms with van der Waals surface area (Å²) >= 11 is 1.47. The Morgan fingerprint density at radius 2 is 2.09 bits per heavy atom. The predicted octanol–water partition coefficient (Wildman–Crippen LogP) is 3.94. The maximum atomic E-state index is 13.3. The fourth-order valence-electron chi connectivity index (χ4n) is 4.51. The number of hydrogen-bond donors (Lipinski definition) is 1. The molecule has 1 unspecified atom stereocenters. The monoisotopic (exact) mass is 449 g/mol. The molecule has 7 nitrogen and oxygen atoms in total. The van der Waals surface area contributed by atoms with Crippen LogP contribution >= 0.6 is 11.3 Å². The Kier molecular flexibility index (Phi) is 5.43. The van der Waals surface area contributed by atoms with Gasteiger partial charge in [-0.05, 0) is 68.6 Å². The number of anilines is 1. The number of hydrogen-bond acceptors (Lipinski definition) is 6. The second-order valence-electron chi connectivity index (χ2n) is 9.12. The number of aliphatic imine (C=N–C) groups is 1. The number of carbonyl (C=O) groups is 2. The van der Waals surface area contributed by atoms with Crippen LogP contribution in [0.3, 0.4) is 0 Å². The summed E-state index contributed by atoms with van der Waals surface area (Å²) in [6.07, 6.45) is 9.71. The number of piperidine rings is 1. The molecule has 1 saturated heterocycles. The zero-order chi connectivity index (χ0) is 22.3. The highest BCUT2D eigenvalue weighted by molar-refractivity contribution is 7.22. The van der Waals surface area contributed by atoms with Gasteiger partial charge >= 0.3 is 0 Å². The summed E-state index contributed by atoms with van der Waals surface area (Å²) in [5.41, 5.74) is 1.09. The molecule has 1 fully saturated rings. The van der Waals surface area contributed by atoms with Crippen molar-refractivity contribution in [3.05, 3.63) is 48.2 Å². The van der Waals surface area contributed by atoms with E-state index in [4.69, 9.17) is 0 Å².